The van der Waals surface area contributed by atoms with Gasteiger partial charge >= 0.3 is 0 Å². The number of nitrogen functional groups attached to an aromatic ring is 1. The Hall–Kier alpha value is -0.970. The summed E-state index contributed by atoms with van der Waals surface area (Å²) in [6, 6.07) is 1.90. The average molecular weight is 198 g/mol. The SMILES string of the molecule is CCCSc1cc(NC)nc(N)n1. The van der Waals surface area contributed by atoms with Gasteiger partial charge in [0.1, 0.15) is 10.8 Å². The average Bonchev–Trinajstić information content (AvgIpc) is 2.14. The molecule has 1 rings (SSSR count). The van der Waals surface area contributed by atoms with Gasteiger partial charge in [-0.25, -0.2) is 4.98 Å². The van der Waals surface area contributed by atoms with Crippen LogP contribution in [0, 0.1) is 0 Å². The quantitative estimate of drug-likeness (QED) is 0.568. The molecule has 0 bridgehead atoms. The minimum atomic E-state index is 0.324. The van der Waals surface area contributed by atoms with Crippen molar-refractivity contribution >= 4 is 23.5 Å². The molecule has 0 aliphatic heterocycles. The van der Waals surface area contributed by atoms with Gasteiger partial charge in [-0.1, -0.05) is 6.92 Å². The number of nitrogens with two attached hydrogens (primary N) is 1. The molecule has 0 unspecified atom stereocenters. The van der Waals surface area contributed by atoms with Crippen LogP contribution in [0.4, 0.5) is 11.8 Å². The van der Waals surface area contributed by atoms with Crippen molar-refractivity contribution in [3.8, 4) is 0 Å². The highest BCUT2D eigenvalue weighted by Gasteiger charge is 2.00. The Morgan fingerprint density at radius 2 is 2.31 bits per heavy atom. The summed E-state index contributed by atoms with van der Waals surface area (Å²) in [5, 5.41) is 3.87. The third kappa shape index (κ3) is 3.10. The Kier molecular flexibility index (Phi) is 3.82. The van der Waals surface area contributed by atoms with Crippen LogP contribution in [0.3, 0.4) is 0 Å². The Bertz CT molecular complexity index is 277. The lowest BCUT2D eigenvalue weighted by Gasteiger charge is -2.03. The summed E-state index contributed by atoms with van der Waals surface area (Å²) in [6.45, 7) is 2.14. The van der Waals surface area contributed by atoms with E-state index in [1.54, 1.807) is 11.8 Å². The number of aromatic nitrogens is 2. The summed E-state index contributed by atoms with van der Waals surface area (Å²) >= 11 is 1.69. The summed E-state index contributed by atoms with van der Waals surface area (Å²) in [5.41, 5.74) is 5.53. The molecule has 3 N–H and O–H groups in total. The lowest BCUT2D eigenvalue weighted by molar-refractivity contribution is 1.05. The summed E-state index contributed by atoms with van der Waals surface area (Å²) in [6.07, 6.45) is 1.13. The molecule has 1 aromatic heterocycles. The largest absolute Gasteiger partial charge is 0.373 e. The van der Waals surface area contributed by atoms with Crippen LogP contribution in [0.25, 0.3) is 0 Å². The molecule has 0 aliphatic rings. The van der Waals surface area contributed by atoms with Crippen molar-refractivity contribution in [3.63, 3.8) is 0 Å². The van der Waals surface area contributed by atoms with Gasteiger partial charge in [0.05, 0.1) is 0 Å². The summed E-state index contributed by atoms with van der Waals surface area (Å²) < 4.78 is 0. The van der Waals surface area contributed by atoms with E-state index in [1.807, 2.05) is 13.1 Å². The van der Waals surface area contributed by atoms with E-state index in [0.717, 1.165) is 23.0 Å². The molecule has 0 saturated carbocycles. The minimum Gasteiger partial charge on any atom is -0.373 e. The number of nitrogens with zero attached hydrogens (tertiary/aromatic N) is 2. The number of thioether (sulfide) groups is 1. The summed E-state index contributed by atoms with van der Waals surface area (Å²) in [4.78, 5) is 8.11. The summed E-state index contributed by atoms with van der Waals surface area (Å²) in [7, 11) is 1.82. The zero-order chi connectivity index (χ0) is 9.68. The maximum Gasteiger partial charge on any atom is 0.223 e. The summed E-state index contributed by atoms with van der Waals surface area (Å²) in [5.74, 6) is 2.15. The van der Waals surface area contributed by atoms with E-state index < -0.39 is 0 Å². The molecule has 1 heterocycles. The first kappa shape index (κ1) is 10.1. The van der Waals surface area contributed by atoms with Crippen LogP contribution < -0.4 is 11.1 Å². The van der Waals surface area contributed by atoms with Gasteiger partial charge in [-0.05, 0) is 12.2 Å². The Balaban J connectivity index is 2.76. The van der Waals surface area contributed by atoms with E-state index in [4.69, 9.17) is 5.73 Å². The first-order valence-electron chi connectivity index (χ1n) is 4.21. The zero-order valence-electron chi connectivity index (χ0n) is 7.87. The van der Waals surface area contributed by atoms with E-state index in [0.29, 0.717) is 5.95 Å². The van der Waals surface area contributed by atoms with Crippen LogP contribution in [-0.4, -0.2) is 22.8 Å². The molecule has 72 valence electrons. The van der Waals surface area contributed by atoms with E-state index in [1.165, 1.54) is 0 Å². The highest BCUT2D eigenvalue weighted by atomic mass is 32.2. The van der Waals surface area contributed by atoms with Crippen molar-refractivity contribution in [2.45, 2.75) is 18.4 Å². The molecule has 0 fully saturated rings. The van der Waals surface area contributed by atoms with Crippen molar-refractivity contribution in [2.24, 2.45) is 0 Å². The second-order valence-corrected chi connectivity index (χ2v) is 3.66. The van der Waals surface area contributed by atoms with Crippen LogP contribution in [0.5, 0.6) is 0 Å². The number of anilines is 2. The lowest BCUT2D eigenvalue weighted by Crippen LogP contribution is -2.00. The standard InChI is InChI=1S/C8H14N4S/c1-3-4-13-7-5-6(10-2)11-8(9)12-7/h5H,3-4H2,1-2H3,(H3,9,10,11,12). The first-order chi connectivity index (χ1) is 6.26. The fourth-order valence-corrected chi connectivity index (χ4v) is 1.62. The van der Waals surface area contributed by atoms with Crippen molar-refractivity contribution in [3.05, 3.63) is 6.07 Å². The maximum atomic E-state index is 5.53. The second kappa shape index (κ2) is 4.91. The molecule has 1 aromatic rings. The molecule has 5 heteroatoms. The fourth-order valence-electron chi connectivity index (χ4n) is 0.851. The molecule has 0 spiro atoms. The highest BCUT2D eigenvalue weighted by molar-refractivity contribution is 7.99. The van der Waals surface area contributed by atoms with E-state index in [-0.39, 0.29) is 0 Å². The van der Waals surface area contributed by atoms with Gasteiger partial charge < -0.3 is 11.1 Å². The lowest BCUT2D eigenvalue weighted by atomic mass is 10.6. The smallest absolute Gasteiger partial charge is 0.223 e. The van der Waals surface area contributed by atoms with Gasteiger partial charge in [0.15, 0.2) is 0 Å². The van der Waals surface area contributed by atoms with Gasteiger partial charge in [-0.15, -0.1) is 11.8 Å². The molecule has 0 aromatic carbocycles. The van der Waals surface area contributed by atoms with Crippen LogP contribution in [0.2, 0.25) is 0 Å². The monoisotopic (exact) mass is 198 g/mol. The predicted octanol–water partition coefficient (Wildman–Crippen LogP) is 1.60. The zero-order valence-corrected chi connectivity index (χ0v) is 8.69. The van der Waals surface area contributed by atoms with Crippen molar-refractivity contribution in [2.75, 3.05) is 23.9 Å². The molecule has 0 radical (unpaired) electrons. The third-order valence-corrected chi connectivity index (χ3v) is 2.55. The van der Waals surface area contributed by atoms with E-state index >= 15 is 0 Å². The number of hydrogen-bond acceptors (Lipinski definition) is 5. The second-order valence-electron chi connectivity index (χ2n) is 2.55. The molecule has 0 amide bonds. The molecule has 4 nitrogen and oxygen atoms in total. The van der Waals surface area contributed by atoms with Crippen LogP contribution in [-0.2, 0) is 0 Å². The maximum absolute atomic E-state index is 5.53. The number of rotatable bonds is 4. The van der Waals surface area contributed by atoms with Crippen LogP contribution in [0.15, 0.2) is 11.1 Å². The van der Waals surface area contributed by atoms with Gasteiger partial charge in [-0.2, -0.15) is 4.98 Å². The first-order valence-corrected chi connectivity index (χ1v) is 5.20. The minimum absolute atomic E-state index is 0.324. The molecular weight excluding hydrogens is 184 g/mol. The molecular formula is C8H14N4S. The normalized spacial score (nSPS) is 10.0. The Morgan fingerprint density at radius 1 is 1.54 bits per heavy atom. The van der Waals surface area contributed by atoms with Crippen LogP contribution in [0.1, 0.15) is 13.3 Å². The number of hydrogen-bond donors (Lipinski definition) is 2. The molecule has 0 aliphatic carbocycles. The highest BCUT2D eigenvalue weighted by Crippen LogP contribution is 2.19. The van der Waals surface area contributed by atoms with Gasteiger partial charge in [0, 0.05) is 13.1 Å². The van der Waals surface area contributed by atoms with Gasteiger partial charge in [0.25, 0.3) is 0 Å². The Morgan fingerprint density at radius 3 is 2.92 bits per heavy atom. The van der Waals surface area contributed by atoms with Crippen molar-refractivity contribution in [1.29, 1.82) is 0 Å². The fraction of sp³-hybridized carbons (Fsp3) is 0.500. The Labute approximate surface area is 82.3 Å². The topological polar surface area (TPSA) is 63.8 Å². The van der Waals surface area contributed by atoms with E-state index in [2.05, 4.69) is 22.2 Å². The van der Waals surface area contributed by atoms with E-state index in [9.17, 15) is 0 Å². The van der Waals surface area contributed by atoms with Crippen molar-refractivity contribution < 1.29 is 0 Å². The van der Waals surface area contributed by atoms with Crippen molar-refractivity contribution in [1.82, 2.24) is 9.97 Å². The van der Waals surface area contributed by atoms with Gasteiger partial charge in [0.2, 0.25) is 5.95 Å². The predicted molar refractivity (Wildman–Crippen MR) is 57.0 cm³/mol. The van der Waals surface area contributed by atoms with Crippen LogP contribution >= 0.6 is 11.8 Å². The third-order valence-electron chi connectivity index (χ3n) is 1.43. The molecule has 0 saturated heterocycles. The molecule has 13 heavy (non-hydrogen) atoms. The van der Waals surface area contributed by atoms with Gasteiger partial charge in [-0.3, -0.25) is 0 Å². The molecule has 0 atom stereocenters. The number of nitrogens with one attached hydrogen (secondary N) is 1.